The third-order valence-corrected chi connectivity index (χ3v) is 7.18. The van der Waals surface area contributed by atoms with E-state index < -0.39 is 0 Å². The third-order valence-electron chi connectivity index (χ3n) is 5.61. The van der Waals surface area contributed by atoms with Crippen LogP contribution in [-0.4, -0.2) is 34.1 Å². The lowest BCUT2D eigenvalue weighted by atomic mass is 9.90. The standard InChI is InChI=1S/C23H27ClN2OS/c1-22(2,3)26-14-12-23(4,13-15-26)27-19-11-6-5-8-16(19)21-25-18-10-7-9-17(24)20(18)28-21/h5-11H,12-15H2,1-4H3. The van der Waals surface area contributed by atoms with Crippen molar-refractivity contribution in [2.45, 2.75) is 51.7 Å². The Bertz CT molecular complexity index is 984. The molecule has 2 aromatic carbocycles. The Morgan fingerprint density at radius 1 is 1.07 bits per heavy atom. The van der Waals surface area contributed by atoms with Gasteiger partial charge in [-0.3, -0.25) is 4.90 Å². The van der Waals surface area contributed by atoms with Crippen molar-refractivity contribution in [3.63, 3.8) is 0 Å². The van der Waals surface area contributed by atoms with Gasteiger partial charge >= 0.3 is 0 Å². The van der Waals surface area contributed by atoms with E-state index in [0.717, 1.165) is 57.5 Å². The maximum Gasteiger partial charge on any atom is 0.130 e. The zero-order valence-electron chi connectivity index (χ0n) is 17.0. The molecule has 0 unspecified atom stereocenters. The van der Waals surface area contributed by atoms with Crippen LogP contribution in [0.5, 0.6) is 5.75 Å². The van der Waals surface area contributed by atoms with Crippen LogP contribution in [0.3, 0.4) is 0 Å². The second-order valence-electron chi connectivity index (χ2n) is 8.81. The Morgan fingerprint density at radius 3 is 2.46 bits per heavy atom. The quantitative estimate of drug-likeness (QED) is 0.479. The van der Waals surface area contributed by atoms with Crippen LogP contribution in [0.15, 0.2) is 42.5 Å². The number of nitrogens with zero attached hydrogens (tertiary/aromatic N) is 2. The fourth-order valence-electron chi connectivity index (χ4n) is 3.78. The highest BCUT2D eigenvalue weighted by molar-refractivity contribution is 7.22. The zero-order valence-corrected chi connectivity index (χ0v) is 18.5. The first-order chi connectivity index (χ1) is 13.3. The Labute approximate surface area is 176 Å². The zero-order chi connectivity index (χ0) is 19.9. The summed E-state index contributed by atoms with van der Waals surface area (Å²) in [5, 5.41) is 1.70. The average molecular weight is 415 g/mol. The monoisotopic (exact) mass is 414 g/mol. The van der Waals surface area contributed by atoms with Crippen LogP contribution in [0, 0.1) is 0 Å². The molecule has 3 nitrogen and oxygen atoms in total. The van der Waals surface area contributed by atoms with Crippen molar-refractivity contribution in [1.29, 1.82) is 0 Å². The van der Waals surface area contributed by atoms with Gasteiger partial charge in [0.2, 0.25) is 0 Å². The molecule has 1 aromatic heterocycles. The van der Waals surface area contributed by atoms with E-state index in [4.69, 9.17) is 21.3 Å². The van der Waals surface area contributed by atoms with Crippen LogP contribution >= 0.6 is 22.9 Å². The van der Waals surface area contributed by atoms with Crippen molar-refractivity contribution in [3.05, 3.63) is 47.5 Å². The summed E-state index contributed by atoms with van der Waals surface area (Å²) in [6.07, 6.45) is 2.04. The number of halogens is 1. The fraction of sp³-hybridized carbons (Fsp3) is 0.435. The summed E-state index contributed by atoms with van der Waals surface area (Å²) in [5.41, 5.74) is 2.03. The number of thiazole rings is 1. The largest absolute Gasteiger partial charge is 0.487 e. The smallest absolute Gasteiger partial charge is 0.130 e. The first kappa shape index (κ1) is 19.7. The number of benzene rings is 2. The van der Waals surface area contributed by atoms with Gasteiger partial charge < -0.3 is 4.74 Å². The number of aromatic nitrogens is 1. The Kier molecular flexibility index (Phi) is 5.15. The molecule has 28 heavy (non-hydrogen) atoms. The summed E-state index contributed by atoms with van der Waals surface area (Å²) in [6, 6.07) is 14.1. The van der Waals surface area contributed by atoms with Gasteiger partial charge in [-0.2, -0.15) is 0 Å². The molecule has 0 saturated carbocycles. The van der Waals surface area contributed by atoms with E-state index in [2.05, 4.69) is 44.7 Å². The Balaban J connectivity index is 1.61. The molecule has 0 aliphatic carbocycles. The van der Waals surface area contributed by atoms with Gasteiger partial charge in [0.1, 0.15) is 16.4 Å². The predicted molar refractivity (Wildman–Crippen MR) is 120 cm³/mol. The van der Waals surface area contributed by atoms with E-state index >= 15 is 0 Å². The minimum atomic E-state index is -0.161. The van der Waals surface area contributed by atoms with Crippen LogP contribution in [0.25, 0.3) is 20.8 Å². The molecule has 1 aliphatic rings. The van der Waals surface area contributed by atoms with Crippen LogP contribution in [0.2, 0.25) is 5.02 Å². The number of fused-ring (bicyclic) bond motifs is 1. The van der Waals surface area contributed by atoms with Gasteiger partial charge in [-0.25, -0.2) is 4.98 Å². The molecular weight excluding hydrogens is 388 g/mol. The molecule has 0 amide bonds. The van der Waals surface area contributed by atoms with Crippen molar-refractivity contribution in [2.75, 3.05) is 13.1 Å². The van der Waals surface area contributed by atoms with Gasteiger partial charge in [0, 0.05) is 18.6 Å². The van der Waals surface area contributed by atoms with Crippen LogP contribution < -0.4 is 4.74 Å². The van der Waals surface area contributed by atoms with Gasteiger partial charge in [-0.05, 0) is 64.8 Å². The molecule has 0 N–H and O–H groups in total. The molecule has 5 heteroatoms. The maximum absolute atomic E-state index is 6.62. The first-order valence-corrected chi connectivity index (χ1v) is 11.0. The van der Waals surface area contributed by atoms with Crippen molar-refractivity contribution in [1.82, 2.24) is 9.88 Å². The number of ether oxygens (including phenoxy) is 1. The second kappa shape index (κ2) is 7.33. The maximum atomic E-state index is 6.62. The SMILES string of the molecule is CC1(Oc2ccccc2-c2nc3cccc(Cl)c3s2)CCN(C(C)(C)C)CC1. The highest BCUT2D eigenvalue weighted by Gasteiger charge is 2.36. The highest BCUT2D eigenvalue weighted by atomic mass is 35.5. The molecule has 148 valence electrons. The molecular formula is C23H27ClN2OS. The molecule has 1 saturated heterocycles. The molecule has 0 radical (unpaired) electrons. The van der Waals surface area contributed by atoms with Gasteiger partial charge in [0.25, 0.3) is 0 Å². The summed E-state index contributed by atoms with van der Waals surface area (Å²) in [5.74, 6) is 0.907. The molecule has 0 atom stereocenters. The minimum Gasteiger partial charge on any atom is -0.487 e. The van der Waals surface area contributed by atoms with Crippen LogP contribution in [0.4, 0.5) is 0 Å². The number of hydrogen-bond acceptors (Lipinski definition) is 4. The van der Waals surface area contributed by atoms with E-state index in [-0.39, 0.29) is 11.1 Å². The highest BCUT2D eigenvalue weighted by Crippen LogP contribution is 2.40. The minimum absolute atomic E-state index is 0.161. The topological polar surface area (TPSA) is 25.4 Å². The molecule has 2 heterocycles. The number of para-hydroxylation sites is 1. The summed E-state index contributed by atoms with van der Waals surface area (Å²) < 4.78 is 7.65. The van der Waals surface area contributed by atoms with Crippen LogP contribution in [0.1, 0.15) is 40.5 Å². The average Bonchev–Trinajstić information content (AvgIpc) is 3.07. The third kappa shape index (κ3) is 3.91. The predicted octanol–water partition coefficient (Wildman–Crippen LogP) is 6.65. The normalized spacial score (nSPS) is 17.8. The second-order valence-corrected chi connectivity index (χ2v) is 10.2. The lowest BCUT2D eigenvalue weighted by molar-refractivity contribution is -0.0106. The molecule has 1 aliphatic heterocycles. The van der Waals surface area contributed by atoms with E-state index in [0.29, 0.717) is 0 Å². The summed E-state index contributed by atoms with van der Waals surface area (Å²) in [7, 11) is 0. The lowest BCUT2D eigenvalue weighted by Crippen LogP contribution is -2.52. The van der Waals surface area contributed by atoms with E-state index in [9.17, 15) is 0 Å². The molecule has 4 rings (SSSR count). The first-order valence-electron chi connectivity index (χ1n) is 9.84. The molecule has 0 spiro atoms. The summed E-state index contributed by atoms with van der Waals surface area (Å²) in [6.45, 7) is 11.2. The molecule has 0 bridgehead atoms. The van der Waals surface area contributed by atoms with Gasteiger partial charge in [-0.1, -0.05) is 29.8 Å². The number of hydrogen-bond donors (Lipinski definition) is 0. The van der Waals surface area contributed by atoms with Crippen molar-refractivity contribution < 1.29 is 4.74 Å². The summed E-state index contributed by atoms with van der Waals surface area (Å²) >= 11 is 7.98. The van der Waals surface area contributed by atoms with Gasteiger partial charge in [0.15, 0.2) is 0 Å². The number of likely N-dealkylation sites (tertiary alicyclic amines) is 1. The van der Waals surface area contributed by atoms with Gasteiger partial charge in [0.05, 0.1) is 20.8 Å². The number of rotatable bonds is 3. The van der Waals surface area contributed by atoms with E-state index in [1.54, 1.807) is 11.3 Å². The van der Waals surface area contributed by atoms with E-state index in [1.165, 1.54) is 0 Å². The lowest BCUT2D eigenvalue weighted by Gasteiger charge is -2.45. The summed E-state index contributed by atoms with van der Waals surface area (Å²) in [4.78, 5) is 7.35. The number of piperidine rings is 1. The van der Waals surface area contributed by atoms with E-state index in [1.807, 2.05) is 30.3 Å². The Hall–Kier alpha value is -1.62. The Morgan fingerprint density at radius 2 is 1.79 bits per heavy atom. The van der Waals surface area contributed by atoms with Crippen LogP contribution in [-0.2, 0) is 0 Å². The fourth-order valence-corrected chi connectivity index (χ4v) is 5.07. The molecule has 3 aromatic rings. The van der Waals surface area contributed by atoms with Crippen molar-refractivity contribution >= 4 is 33.2 Å². The van der Waals surface area contributed by atoms with Gasteiger partial charge in [-0.15, -0.1) is 11.3 Å². The molecule has 1 fully saturated rings. The van der Waals surface area contributed by atoms with Crippen molar-refractivity contribution in [3.8, 4) is 16.3 Å². The van der Waals surface area contributed by atoms with Crippen molar-refractivity contribution in [2.24, 2.45) is 0 Å².